The van der Waals surface area contributed by atoms with E-state index in [1.807, 2.05) is 0 Å². The van der Waals surface area contributed by atoms with Gasteiger partial charge in [0.2, 0.25) is 0 Å². The number of hydrogen-bond donors (Lipinski definition) is 0. The van der Waals surface area contributed by atoms with Crippen LogP contribution in [0.15, 0.2) is 46.4 Å². The van der Waals surface area contributed by atoms with Crippen LogP contribution >= 0.6 is 11.3 Å². The third-order valence-electron chi connectivity index (χ3n) is 4.06. The largest absolute Gasteiger partial charge is 0.462 e. The van der Waals surface area contributed by atoms with Crippen LogP contribution in [0.5, 0.6) is 0 Å². The van der Waals surface area contributed by atoms with E-state index in [0.717, 1.165) is 18.9 Å². The molecule has 3 aromatic rings. The summed E-state index contributed by atoms with van der Waals surface area (Å²) in [6.45, 7) is 0.100. The highest BCUT2D eigenvalue weighted by Crippen LogP contribution is 2.31. The van der Waals surface area contributed by atoms with Crippen molar-refractivity contribution in [2.75, 3.05) is 0 Å². The van der Waals surface area contributed by atoms with Crippen LogP contribution in [0.25, 0.3) is 10.8 Å². The van der Waals surface area contributed by atoms with Gasteiger partial charge in [0.15, 0.2) is 10.8 Å². The van der Waals surface area contributed by atoms with E-state index in [2.05, 4.69) is 4.98 Å². The van der Waals surface area contributed by atoms with Crippen LogP contribution in [0, 0.1) is 11.6 Å². The molecule has 1 fully saturated rings. The first kappa shape index (κ1) is 16.0. The fourth-order valence-electron chi connectivity index (χ4n) is 2.62. The van der Waals surface area contributed by atoms with Gasteiger partial charge in [-0.05, 0) is 31.0 Å². The van der Waals surface area contributed by atoms with Gasteiger partial charge in [0.25, 0.3) is 5.91 Å². The van der Waals surface area contributed by atoms with Crippen molar-refractivity contribution in [3.8, 4) is 10.8 Å². The van der Waals surface area contributed by atoms with Gasteiger partial charge < -0.3 is 9.32 Å². The molecule has 2 heterocycles. The minimum atomic E-state index is -0.645. The summed E-state index contributed by atoms with van der Waals surface area (Å²) < 4.78 is 32.3. The Morgan fingerprint density at radius 3 is 2.84 bits per heavy atom. The van der Waals surface area contributed by atoms with Crippen LogP contribution in [0.1, 0.15) is 28.9 Å². The number of hydrogen-bond acceptors (Lipinski definition) is 4. The topological polar surface area (TPSA) is 46.3 Å². The lowest BCUT2D eigenvalue weighted by molar-refractivity contribution is 0.0723. The van der Waals surface area contributed by atoms with Crippen molar-refractivity contribution in [3.05, 3.63) is 64.9 Å². The number of halogens is 2. The van der Waals surface area contributed by atoms with E-state index in [1.54, 1.807) is 28.7 Å². The van der Waals surface area contributed by atoms with Gasteiger partial charge in [0, 0.05) is 29.6 Å². The number of amides is 1. The molecule has 1 aliphatic rings. The Kier molecular flexibility index (Phi) is 4.09. The molecule has 128 valence electrons. The lowest BCUT2D eigenvalue weighted by Crippen LogP contribution is -2.33. The minimum absolute atomic E-state index is 0.0747. The number of rotatable bonds is 5. The fourth-order valence-corrected chi connectivity index (χ4v) is 3.38. The molecule has 25 heavy (non-hydrogen) atoms. The van der Waals surface area contributed by atoms with Crippen molar-refractivity contribution >= 4 is 17.2 Å². The highest BCUT2D eigenvalue weighted by atomic mass is 32.1. The van der Waals surface area contributed by atoms with E-state index >= 15 is 0 Å². The molecule has 1 aromatic carbocycles. The van der Waals surface area contributed by atoms with E-state index in [4.69, 9.17) is 4.42 Å². The molecule has 1 amide bonds. The Morgan fingerprint density at radius 1 is 1.32 bits per heavy atom. The molecule has 0 bridgehead atoms. The normalized spacial score (nSPS) is 13.8. The molecule has 0 radical (unpaired) electrons. The standard InChI is InChI=1S/C18H14F2N2O2S/c19-12-4-3-11(14(20)8-12)9-22(13-5-6-13)18(23)15-10-25-17(21-15)16-2-1-7-24-16/h1-4,7-8,10,13H,5-6,9H2. The molecule has 0 spiro atoms. The summed E-state index contributed by atoms with van der Waals surface area (Å²) in [5.74, 6) is -0.923. The summed E-state index contributed by atoms with van der Waals surface area (Å²) in [5, 5.41) is 2.30. The quantitative estimate of drug-likeness (QED) is 0.674. The molecule has 2 aromatic heterocycles. The molecule has 0 N–H and O–H groups in total. The minimum Gasteiger partial charge on any atom is -0.462 e. The zero-order valence-corrected chi connectivity index (χ0v) is 13.9. The Morgan fingerprint density at radius 2 is 2.16 bits per heavy atom. The molecule has 0 saturated heterocycles. The van der Waals surface area contributed by atoms with Crippen molar-refractivity contribution in [1.82, 2.24) is 9.88 Å². The highest BCUT2D eigenvalue weighted by molar-refractivity contribution is 7.13. The average molecular weight is 360 g/mol. The van der Waals surface area contributed by atoms with Crippen molar-refractivity contribution in [1.29, 1.82) is 0 Å². The van der Waals surface area contributed by atoms with Crippen LogP contribution in [0.4, 0.5) is 8.78 Å². The maximum absolute atomic E-state index is 13.9. The summed E-state index contributed by atoms with van der Waals surface area (Å²) >= 11 is 1.32. The predicted molar refractivity (Wildman–Crippen MR) is 89.1 cm³/mol. The van der Waals surface area contributed by atoms with Crippen LogP contribution in [0.3, 0.4) is 0 Å². The maximum atomic E-state index is 13.9. The first-order chi connectivity index (χ1) is 12.1. The van der Waals surface area contributed by atoms with Crippen molar-refractivity contribution < 1.29 is 18.0 Å². The van der Waals surface area contributed by atoms with Crippen LogP contribution in [-0.4, -0.2) is 21.8 Å². The third kappa shape index (κ3) is 3.32. The van der Waals surface area contributed by atoms with Gasteiger partial charge in [-0.25, -0.2) is 13.8 Å². The number of carbonyl (C=O) groups is 1. The monoisotopic (exact) mass is 360 g/mol. The van der Waals surface area contributed by atoms with E-state index in [1.165, 1.54) is 23.5 Å². The second kappa shape index (κ2) is 6.40. The molecular weight excluding hydrogens is 346 g/mol. The zero-order valence-electron chi connectivity index (χ0n) is 13.1. The first-order valence-corrected chi connectivity index (χ1v) is 8.74. The molecule has 0 atom stereocenters. The molecule has 0 unspecified atom stereocenters. The van der Waals surface area contributed by atoms with E-state index < -0.39 is 11.6 Å². The molecule has 7 heteroatoms. The first-order valence-electron chi connectivity index (χ1n) is 7.86. The number of thiazole rings is 1. The van der Waals surface area contributed by atoms with Gasteiger partial charge in [-0.15, -0.1) is 11.3 Å². The van der Waals surface area contributed by atoms with Gasteiger partial charge in [-0.3, -0.25) is 4.79 Å². The summed E-state index contributed by atoms with van der Waals surface area (Å²) in [7, 11) is 0. The molecule has 4 nitrogen and oxygen atoms in total. The molecule has 1 saturated carbocycles. The fraction of sp³-hybridized carbons (Fsp3) is 0.222. The lowest BCUT2D eigenvalue weighted by Gasteiger charge is -2.22. The highest BCUT2D eigenvalue weighted by Gasteiger charge is 2.34. The van der Waals surface area contributed by atoms with E-state index in [0.29, 0.717) is 22.0 Å². The molecule has 1 aliphatic carbocycles. The van der Waals surface area contributed by atoms with Gasteiger partial charge in [-0.1, -0.05) is 6.07 Å². The summed E-state index contributed by atoms with van der Waals surface area (Å²) in [5.41, 5.74) is 0.606. The number of nitrogens with zero attached hydrogens (tertiary/aromatic N) is 2. The zero-order chi connectivity index (χ0) is 17.4. The summed E-state index contributed by atoms with van der Waals surface area (Å²) in [6, 6.07) is 7.02. The van der Waals surface area contributed by atoms with Crippen LogP contribution in [-0.2, 0) is 6.54 Å². The summed E-state index contributed by atoms with van der Waals surface area (Å²) in [6.07, 6.45) is 3.31. The van der Waals surface area contributed by atoms with Gasteiger partial charge in [0.05, 0.1) is 6.26 Å². The van der Waals surface area contributed by atoms with E-state index in [-0.39, 0.29) is 18.5 Å². The number of aromatic nitrogens is 1. The van der Waals surface area contributed by atoms with Crippen LogP contribution < -0.4 is 0 Å². The van der Waals surface area contributed by atoms with Crippen molar-refractivity contribution in [3.63, 3.8) is 0 Å². The number of carbonyl (C=O) groups excluding carboxylic acids is 1. The smallest absolute Gasteiger partial charge is 0.273 e. The lowest BCUT2D eigenvalue weighted by atomic mass is 10.2. The van der Waals surface area contributed by atoms with Crippen molar-refractivity contribution in [2.24, 2.45) is 0 Å². The van der Waals surface area contributed by atoms with Gasteiger partial charge in [0.1, 0.15) is 17.3 Å². The SMILES string of the molecule is O=C(c1csc(-c2ccco2)n1)N(Cc1ccc(F)cc1F)C1CC1. The Labute approximate surface area is 146 Å². The van der Waals surface area contributed by atoms with E-state index in [9.17, 15) is 13.6 Å². The second-order valence-electron chi connectivity index (χ2n) is 5.92. The molecular formula is C18H14F2N2O2S. The van der Waals surface area contributed by atoms with Gasteiger partial charge >= 0.3 is 0 Å². The number of furan rings is 1. The predicted octanol–water partition coefficient (Wildman–Crippen LogP) is 4.49. The summed E-state index contributed by atoms with van der Waals surface area (Å²) in [4.78, 5) is 18.8. The average Bonchev–Trinajstić information content (AvgIpc) is 3.10. The number of benzene rings is 1. The Bertz CT molecular complexity index is 904. The van der Waals surface area contributed by atoms with Crippen LogP contribution in [0.2, 0.25) is 0 Å². The van der Waals surface area contributed by atoms with Gasteiger partial charge in [-0.2, -0.15) is 0 Å². The third-order valence-corrected chi connectivity index (χ3v) is 4.92. The van der Waals surface area contributed by atoms with Crippen molar-refractivity contribution in [2.45, 2.75) is 25.4 Å². The molecule has 4 rings (SSSR count). The second-order valence-corrected chi connectivity index (χ2v) is 6.77. The maximum Gasteiger partial charge on any atom is 0.273 e. The Balaban J connectivity index is 1.57. The Hall–Kier alpha value is -2.54. The molecule has 0 aliphatic heterocycles.